The molecule has 18 heavy (non-hydrogen) atoms. The van der Waals surface area contributed by atoms with Gasteiger partial charge in [0.1, 0.15) is 0 Å². The molecular weight excluding hydrogens is 318 g/mol. The van der Waals surface area contributed by atoms with Crippen molar-refractivity contribution >= 4 is 33.4 Å². The predicted molar refractivity (Wildman–Crippen MR) is 74.9 cm³/mol. The van der Waals surface area contributed by atoms with Crippen LogP contribution >= 0.6 is 27.5 Å². The SMILES string of the molecule is O=C(NC1CCCCC1O)c1ccc(Cl)cc1Br. The van der Waals surface area contributed by atoms with Crippen LogP contribution in [-0.4, -0.2) is 23.2 Å². The first-order valence-electron chi connectivity index (χ1n) is 6.02. The van der Waals surface area contributed by atoms with Gasteiger partial charge in [-0.05, 0) is 47.0 Å². The molecule has 1 aliphatic carbocycles. The van der Waals surface area contributed by atoms with Crippen molar-refractivity contribution < 1.29 is 9.90 Å². The van der Waals surface area contributed by atoms with E-state index in [2.05, 4.69) is 21.2 Å². The molecule has 1 fully saturated rings. The van der Waals surface area contributed by atoms with Crippen LogP contribution in [0.1, 0.15) is 36.0 Å². The van der Waals surface area contributed by atoms with Crippen molar-refractivity contribution in [2.75, 3.05) is 0 Å². The van der Waals surface area contributed by atoms with Crippen LogP contribution in [0, 0.1) is 0 Å². The Morgan fingerprint density at radius 3 is 2.78 bits per heavy atom. The smallest absolute Gasteiger partial charge is 0.252 e. The Morgan fingerprint density at radius 2 is 2.11 bits per heavy atom. The molecule has 2 N–H and O–H groups in total. The van der Waals surface area contributed by atoms with E-state index < -0.39 is 6.10 Å². The van der Waals surface area contributed by atoms with E-state index in [0.29, 0.717) is 15.1 Å². The first kappa shape index (κ1) is 13.8. The fraction of sp³-hybridized carbons (Fsp3) is 0.462. The maximum atomic E-state index is 12.1. The van der Waals surface area contributed by atoms with Gasteiger partial charge in [-0.2, -0.15) is 0 Å². The second-order valence-corrected chi connectivity index (χ2v) is 5.85. The maximum absolute atomic E-state index is 12.1. The molecule has 0 aliphatic heterocycles. The highest BCUT2D eigenvalue weighted by molar-refractivity contribution is 9.10. The van der Waals surface area contributed by atoms with Crippen molar-refractivity contribution in [1.82, 2.24) is 5.32 Å². The average Bonchev–Trinajstić information content (AvgIpc) is 2.32. The lowest BCUT2D eigenvalue weighted by molar-refractivity contribution is 0.0717. The van der Waals surface area contributed by atoms with Crippen LogP contribution in [-0.2, 0) is 0 Å². The molecule has 1 amide bonds. The zero-order chi connectivity index (χ0) is 13.1. The molecule has 0 heterocycles. The summed E-state index contributed by atoms with van der Waals surface area (Å²) in [5.74, 6) is -0.176. The normalized spacial score (nSPS) is 23.7. The molecule has 2 atom stereocenters. The molecule has 0 saturated heterocycles. The Morgan fingerprint density at radius 1 is 1.39 bits per heavy atom. The molecule has 98 valence electrons. The van der Waals surface area contributed by atoms with Crippen LogP contribution in [0.5, 0.6) is 0 Å². The van der Waals surface area contributed by atoms with Gasteiger partial charge >= 0.3 is 0 Å². The van der Waals surface area contributed by atoms with Gasteiger partial charge in [0.25, 0.3) is 5.91 Å². The van der Waals surface area contributed by atoms with Crippen molar-refractivity contribution in [2.45, 2.75) is 37.8 Å². The summed E-state index contributed by atoms with van der Waals surface area (Å²) in [6.07, 6.45) is 3.22. The van der Waals surface area contributed by atoms with Gasteiger partial charge in [-0.15, -0.1) is 0 Å². The highest BCUT2D eigenvalue weighted by atomic mass is 79.9. The average molecular weight is 333 g/mol. The highest BCUT2D eigenvalue weighted by Crippen LogP contribution is 2.23. The molecule has 2 unspecified atom stereocenters. The minimum atomic E-state index is -0.436. The van der Waals surface area contributed by atoms with Crippen molar-refractivity contribution in [3.63, 3.8) is 0 Å². The van der Waals surface area contributed by atoms with E-state index in [4.69, 9.17) is 11.6 Å². The molecule has 0 bridgehead atoms. The molecule has 0 aromatic heterocycles. The first-order valence-corrected chi connectivity index (χ1v) is 7.19. The molecular formula is C13H15BrClNO2. The van der Waals surface area contributed by atoms with Crippen LogP contribution in [0.3, 0.4) is 0 Å². The molecule has 3 nitrogen and oxygen atoms in total. The summed E-state index contributed by atoms with van der Waals surface area (Å²) >= 11 is 9.15. The molecule has 2 rings (SSSR count). The minimum Gasteiger partial charge on any atom is -0.391 e. The number of benzene rings is 1. The van der Waals surface area contributed by atoms with Crippen LogP contribution in [0.25, 0.3) is 0 Å². The van der Waals surface area contributed by atoms with Gasteiger partial charge in [-0.3, -0.25) is 4.79 Å². The topological polar surface area (TPSA) is 49.3 Å². The van der Waals surface area contributed by atoms with Crippen LogP contribution < -0.4 is 5.32 Å². The molecule has 1 aromatic rings. The lowest BCUT2D eigenvalue weighted by Gasteiger charge is -2.28. The summed E-state index contributed by atoms with van der Waals surface area (Å²) in [5, 5.41) is 13.3. The summed E-state index contributed by atoms with van der Waals surface area (Å²) in [5.41, 5.74) is 0.539. The molecule has 0 radical (unpaired) electrons. The van der Waals surface area contributed by atoms with Gasteiger partial charge in [-0.25, -0.2) is 0 Å². The molecule has 5 heteroatoms. The minimum absolute atomic E-state index is 0.145. The number of amides is 1. The zero-order valence-corrected chi connectivity index (χ0v) is 12.2. The number of carbonyl (C=O) groups is 1. The second-order valence-electron chi connectivity index (χ2n) is 4.56. The largest absolute Gasteiger partial charge is 0.391 e. The molecule has 1 aromatic carbocycles. The third kappa shape index (κ3) is 3.25. The Balaban J connectivity index is 2.07. The van der Waals surface area contributed by atoms with Crippen LogP contribution in [0.15, 0.2) is 22.7 Å². The molecule has 1 saturated carbocycles. The number of aliphatic hydroxyl groups is 1. The van der Waals surface area contributed by atoms with Gasteiger partial charge in [0.2, 0.25) is 0 Å². The summed E-state index contributed by atoms with van der Waals surface area (Å²) in [6.45, 7) is 0. The number of halogens is 2. The van der Waals surface area contributed by atoms with E-state index in [-0.39, 0.29) is 11.9 Å². The van der Waals surface area contributed by atoms with Gasteiger partial charge < -0.3 is 10.4 Å². The highest BCUT2D eigenvalue weighted by Gasteiger charge is 2.25. The number of rotatable bonds is 2. The first-order chi connectivity index (χ1) is 8.58. The van der Waals surface area contributed by atoms with Gasteiger partial charge in [0.05, 0.1) is 17.7 Å². The van der Waals surface area contributed by atoms with Gasteiger partial charge in [-0.1, -0.05) is 24.4 Å². The number of carbonyl (C=O) groups excluding carboxylic acids is 1. The summed E-state index contributed by atoms with van der Waals surface area (Å²) < 4.78 is 0.665. The maximum Gasteiger partial charge on any atom is 0.252 e. The third-order valence-electron chi connectivity index (χ3n) is 3.22. The quantitative estimate of drug-likeness (QED) is 0.874. The van der Waals surface area contributed by atoms with Crippen molar-refractivity contribution in [3.8, 4) is 0 Å². The standard InChI is InChI=1S/C13H15BrClNO2/c14-10-7-8(15)5-6-9(10)13(18)16-11-3-1-2-4-12(11)17/h5-7,11-12,17H,1-4H2,(H,16,18). The lowest BCUT2D eigenvalue weighted by Crippen LogP contribution is -2.45. The Bertz CT molecular complexity index is 453. The van der Waals surface area contributed by atoms with Crippen molar-refractivity contribution in [2.24, 2.45) is 0 Å². The monoisotopic (exact) mass is 331 g/mol. The van der Waals surface area contributed by atoms with Crippen molar-refractivity contribution in [1.29, 1.82) is 0 Å². The van der Waals surface area contributed by atoms with E-state index in [1.165, 1.54) is 0 Å². The van der Waals surface area contributed by atoms with E-state index >= 15 is 0 Å². The predicted octanol–water partition coefficient (Wildman–Crippen LogP) is 3.14. The summed E-state index contributed by atoms with van der Waals surface area (Å²) in [6, 6.07) is 4.90. The molecule has 0 spiro atoms. The molecule has 1 aliphatic rings. The second kappa shape index (κ2) is 6.04. The van der Waals surface area contributed by atoms with E-state index in [1.807, 2.05) is 0 Å². The number of hydrogen-bond donors (Lipinski definition) is 2. The van der Waals surface area contributed by atoms with E-state index in [9.17, 15) is 9.90 Å². The number of aliphatic hydroxyl groups excluding tert-OH is 1. The van der Waals surface area contributed by atoms with Gasteiger partial charge in [0, 0.05) is 9.50 Å². The zero-order valence-electron chi connectivity index (χ0n) is 9.83. The number of nitrogens with one attached hydrogen (secondary N) is 1. The van der Waals surface area contributed by atoms with Crippen LogP contribution in [0.4, 0.5) is 0 Å². The summed E-state index contributed by atoms with van der Waals surface area (Å²) in [4.78, 5) is 12.1. The fourth-order valence-corrected chi connectivity index (χ4v) is 3.06. The Hall–Kier alpha value is -0.580. The van der Waals surface area contributed by atoms with Crippen molar-refractivity contribution in [3.05, 3.63) is 33.3 Å². The fourth-order valence-electron chi connectivity index (χ4n) is 2.20. The number of hydrogen-bond acceptors (Lipinski definition) is 2. The lowest BCUT2D eigenvalue weighted by atomic mass is 9.92. The Kier molecular flexibility index (Phi) is 4.65. The summed E-state index contributed by atoms with van der Waals surface area (Å²) in [7, 11) is 0. The van der Waals surface area contributed by atoms with Crippen LogP contribution in [0.2, 0.25) is 5.02 Å². The van der Waals surface area contributed by atoms with E-state index in [0.717, 1.165) is 25.7 Å². The third-order valence-corrected chi connectivity index (χ3v) is 4.11. The Labute approximate surface area is 120 Å². The van der Waals surface area contributed by atoms with Gasteiger partial charge in [0.15, 0.2) is 0 Å². The van der Waals surface area contributed by atoms with E-state index in [1.54, 1.807) is 18.2 Å².